The number of halogens is 2. The number of aliphatic hydroxyl groups excluding tert-OH is 1. The number of benzene rings is 1. The lowest BCUT2D eigenvalue weighted by Gasteiger charge is -2.20. The first kappa shape index (κ1) is 17.7. The molecule has 5 heteroatoms. The quantitative estimate of drug-likeness (QED) is 0.791. The van der Waals surface area contributed by atoms with Crippen LogP contribution in [-0.4, -0.2) is 42.9 Å². The average molecular weight is 320 g/mol. The van der Waals surface area contributed by atoms with E-state index in [9.17, 15) is 5.11 Å². The molecule has 0 fully saturated rings. The first-order valence-corrected chi connectivity index (χ1v) is 7.59. The lowest BCUT2D eigenvalue weighted by molar-refractivity contribution is 0.0601. The van der Waals surface area contributed by atoms with Gasteiger partial charge >= 0.3 is 0 Å². The molecule has 0 spiro atoms. The minimum atomic E-state index is -0.602. The number of likely N-dealkylation sites (N-methyl/N-ethyl adjacent to an activating group) is 1. The van der Waals surface area contributed by atoms with E-state index in [2.05, 4.69) is 4.90 Å². The first-order valence-electron chi connectivity index (χ1n) is 6.84. The minimum Gasteiger partial charge on any atom is -0.388 e. The maximum atomic E-state index is 10.2. The standard InChI is InChI=1S/C15H23Cl2NO2/c1-11(2)20-10-9-18(3)8-7-14(19)12-5-4-6-13(16)15(12)17/h4-6,11,14,19H,7-10H2,1-3H3. The van der Waals surface area contributed by atoms with Crippen LogP contribution in [0.1, 0.15) is 31.9 Å². The number of aliphatic hydroxyl groups is 1. The second kappa shape index (κ2) is 8.85. The highest BCUT2D eigenvalue weighted by Gasteiger charge is 2.14. The van der Waals surface area contributed by atoms with Gasteiger partial charge in [0, 0.05) is 18.7 Å². The van der Waals surface area contributed by atoms with E-state index in [-0.39, 0.29) is 6.10 Å². The van der Waals surface area contributed by atoms with Crippen LogP contribution in [0.25, 0.3) is 0 Å². The predicted molar refractivity (Wildman–Crippen MR) is 84.6 cm³/mol. The smallest absolute Gasteiger partial charge is 0.0817 e. The van der Waals surface area contributed by atoms with Crippen molar-refractivity contribution < 1.29 is 9.84 Å². The molecule has 1 aromatic rings. The maximum absolute atomic E-state index is 10.2. The van der Waals surface area contributed by atoms with Gasteiger partial charge in [0.15, 0.2) is 0 Å². The molecule has 0 aliphatic rings. The summed E-state index contributed by atoms with van der Waals surface area (Å²) >= 11 is 12.0. The number of hydrogen-bond acceptors (Lipinski definition) is 3. The van der Waals surface area contributed by atoms with Crippen molar-refractivity contribution in [1.82, 2.24) is 4.90 Å². The molecular weight excluding hydrogens is 297 g/mol. The van der Waals surface area contributed by atoms with Crippen LogP contribution < -0.4 is 0 Å². The topological polar surface area (TPSA) is 32.7 Å². The van der Waals surface area contributed by atoms with Crippen LogP contribution in [0.2, 0.25) is 10.0 Å². The van der Waals surface area contributed by atoms with Gasteiger partial charge in [-0.25, -0.2) is 0 Å². The fourth-order valence-electron chi connectivity index (χ4n) is 1.83. The Kier molecular flexibility index (Phi) is 7.85. The Morgan fingerprint density at radius 1 is 1.25 bits per heavy atom. The summed E-state index contributed by atoms with van der Waals surface area (Å²) in [6, 6.07) is 5.32. The van der Waals surface area contributed by atoms with Gasteiger partial charge in [0.05, 0.1) is 28.9 Å². The van der Waals surface area contributed by atoms with E-state index in [1.807, 2.05) is 20.9 Å². The predicted octanol–water partition coefficient (Wildman–Crippen LogP) is 3.77. The first-order chi connectivity index (χ1) is 9.41. The molecule has 0 radical (unpaired) electrons. The second-order valence-corrected chi connectivity index (χ2v) is 5.96. The fraction of sp³-hybridized carbons (Fsp3) is 0.600. The van der Waals surface area contributed by atoms with Crippen LogP contribution in [-0.2, 0) is 4.74 Å². The van der Waals surface area contributed by atoms with Crippen molar-refractivity contribution >= 4 is 23.2 Å². The molecule has 1 N–H and O–H groups in total. The second-order valence-electron chi connectivity index (χ2n) is 5.17. The van der Waals surface area contributed by atoms with Gasteiger partial charge in [-0.2, -0.15) is 0 Å². The van der Waals surface area contributed by atoms with Gasteiger partial charge in [0.2, 0.25) is 0 Å². The Balaban J connectivity index is 2.39. The van der Waals surface area contributed by atoms with Crippen molar-refractivity contribution in [3.63, 3.8) is 0 Å². The van der Waals surface area contributed by atoms with Gasteiger partial charge in [0.1, 0.15) is 0 Å². The molecule has 0 aromatic heterocycles. The van der Waals surface area contributed by atoms with E-state index < -0.39 is 6.10 Å². The summed E-state index contributed by atoms with van der Waals surface area (Å²) in [7, 11) is 2.01. The summed E-state index contributed by atoms with van der Waals surface area (Å²) in [5, 5.41) is 11.1. The summed E-state index contributed by atoms with van der Waals surface area (Å²) < 4.78 is 5.50. The monoisotopic (exact) mass is 319 g/mol. The van der Waals surface area contributed by atoms with Gasteiger partial charge in [-0.1, -0.05) is 35.3 Å². The largest absolute Gasteiger partial charge is 0.388 e. The zero-order chi connectivity index (χ0) is 15.1. The molecule has 0 amide bonds. The van der Waals surface area contributed by atoms with Crippen LogP contribution in [0.3, 0.4) is 0 Å². The van der Waals surface area contributed by atoms with E-state index >= 15 is 0 Å². The van der Waals surface area contributed by atoms with Gasteiger partial charge in [-0.05, 0) is 33.4 Å². The maximum Gasteiger partial charge on any atom is 0.0817 e. The van der Waals surface area contributed by atoms with Crippen LogP contribution in [0.4, 0.5) is 0 Å². The number of nitrogens with zero attached hydrogens (tertiary/aromatic N) is 1. The Morgan fingerprint density at radius 3 is 2.60 bits per heavy atom. The molecule has 0 aliphatic heterocycles. The van der Waals surface area contributed by atoms with Gasteiger partial charge in [0.25, 0.3) is 0 Å². The molecular formula is C15H23Cl2NO2. The Labute approximate surface area is 131 Å². The highest BCUT2D eigenvalue weighted by atomic mass is 35.5. The van der Waals surface area contributed by atoms with E-state index in [0.29, 0.717) is 28.6 Å². The summed E-state index contributed by atoms with van der Waals surface area (Å²) in [4.78, 5) is 2.13. The van der Waals surface area contributed by atoms with E-state index in [1.165, 1.54) is 0 Å². The van der Waals surface area contributed by atoms with E-state index in [4.69, 9.17) is 27.9 Å². The lowest BCUT2D eigenvalue weighted by atomic mass is 10.1. The Morgan fingerprint density at radius 2 is 1.95 bits per heavy atom. The van der Waals surface area contributed by atoms with Crippen molar-refractivity contribution in [3.05, 3.63) is 33.8 Å². The summed E-state index contributed by atoms with van der Waals surface area (Å²) in [6.45, 7) is 6.34. The molecule has 1 atom stereocenters. The number of ether oxygens (including phenoxy) is 1. The van der Waals surface area contributed by atoms with Crippen LogP contribution in [0.5, 0.6) is 0 Å². The molecule has 20 heavy (non-hydrogen) atoms. The van der Waals surface area contributed by atoms with Crippen molar-refractivity contribution in [2.45, 2.75) is 32.5 Å². The van der Waals surface area contributed by atoms with E-state index in [0.717, 1.165) is 13.1 Å². The zero-order valence-corrected chi connectivity index (χ0v) is 13.8. The molecule has 0 bridgehead atoms. The van der Waals surface area contributed by atoms with Crippen molar-refractivity contribution in [2.75, 3.05) is 26.7 Å². The fourth-order valence-corrected chi connectivity index (χ4v) is 2.27. The van der Waals surface area contributed by atoms with Crippen LogP contribution in [0, 0.1) is 0 Å². The molecule has 0 heterocycles. The summed E-state index contributed by atoms with van der Waals surface area (Å²) in [5.74, 6) is 0. The van der Waals surface area contributed by atoms with Crippen molar-refractivity contribution in [3.8, 4) is 0 Å². The average Bonchev–Trinajstić information content (AvgIpc) is 2.38. The molecule has 0 aliphatic carbocycles. The highest BCUT2D eigenvalue weighted by molar-refractivity contribution is 6.42. The van der Waals surface area contributed by atoms with Gasteiger partial charge in [-0.15, -0.1) is 0 Å². The third-order valence-corrected chi connectivity index (χ3v) is 3.88. The third-order valence-electron chi connectivity index (χ3n) is 3.05. The molecule has 3 nitrogen and oxygen atoms in total. The highest BCUT2D eigenvalue weighted by Crippen LogP contribution is 2.31. The summed E-state index contributed by atoms with van der Waals surface area (Å²) in [6.07, 6.45) is 0.257. The Bertz CT molecular complexity index is 413. The molecule has 1 aromatic carbocycles. The molecule has 0 saturated heterocycles. The van der Waals surface area contributed by atoms with Gasteiger partial charge < -0.3 is 14.7 Å². The number of rotatable bonds is 8. The van der Waals surface area contributed by atoms with Gasteiger partial charge in [-0.3, -0.25) is 0 Å². The van der Waals surface area contributed by atoms with Crippen molar-refractivity contribution in [1.29, 1.82) is 0 Å². The third kappa shape index (κ3) is 5.98. The minimum absolute atomic E-state index is 0.249. The molecule has 1 unspecified atom stereocenters. The molecule has 1 rings (SSSR count). The van der Waals surface area contributed by atoms with E-state index in [1.54, 1.807) is 18.2 Å². The zero-order valence-electron chi connectivity index (χ0n) is 12.3. The molecule has 114 valence electrons. The SMILES string of the molecule is CC(C)OCCN(C)CCC(O)c1cccc(Cl)c1Cl. The van der Waals surface area contributed by atoms with Crippen LogP contribution >= 0.6 is 23.2 Å². The molecule has 0 saturated carbocycles. The van der Waals surface area contributed by atoms with Crippen LogP contribution in [0.15, 0.2) is 18.2 Å². The normalized spacial score (nSPS) is 13.2. The number of hydrogen-bond donors (Lipinski definition) is 1. The van der Waals surface area contributed by atoms with Crippen molar-refractivity contribution in [2.24, 2.45) is 0 Å². The Hall–Kier alpha value is -0.320. The summed E-state index contributed by atoms with van der Waals surface area (Å²) in [5.41, 5.74) is 0.686. The lowest BCUT2D eigenvalue weighted by Crippen LogP contribution is -2.26.